The van der Waals surface area contributed by atoms with Crippen molar-refractivity contribution in [1.82, 2.24) is 9.47 Å². The maximum atomic E-state index is 12.7. The van der Waals surface area contributed by atoms with E-state index in [0.717, 1.165) is 11.4 Å². The lowest BCUT2D eigenvalue weighted by Gasteiger charge is -2.16. The Morgan fingerprint density at radius 1 is 1.17 bits per heavy atom. The molecular weight excluding hydrogens is 394 g/mol. The zero-order chi connectivity index (χ0) is 21.6. The molecule has 0 aliphatic heterocycles. The van der Waals surface area contributed by atoms with Gasteiger partial charge >= 0.3 is 5.97 Å². The molecule has 156 valence electrons. The molecule has 1 amide bonds. The second kappa shape index (κ2) is 10.2. The topological polar surface area (TPSA) is 80.6 Å². The number of ketones is 1. The number of nitrogens with one attached hydrogen (secondary N) is 1. The van der Waals surface area contributed by atoms with Crippen molar-refractivity contribution in [3.8, 4) is 0 Å². The molecule has 1 N–H and O–H groups in total. The lowest BCUT2D eigenvalue weighted by molar-refractivity contribution is -0.140. The number of carbonyl (C=O) groups is 3. The fourth-order valence-corrected chi connectivity index (χ4v) is 3.30. The first-order chi connectivity index (χ1) is 13.7. The minimum atomic E-state index is -0.297. The molecule has 0 radical (unpaired) electrons. The van der Waals surface area contributed by atoms with Gasteiger partial charge in [-0.1, -0.05) is 23.7 Å². The number of hydrogen-bond acceptors (Lipinski definition) is 5. The van der Waals surface area contributed by atoms with Gasteiger partial charge in [-0.05, 0) is 39.1 Å². The summed E-state index contributed by atoms with van der Waals surface area (Å²) in [5.74, 6) is -0.637. The molecule has 0 aliphatic carbocycles. The smallest absolute Gasteiger partial charge is 0.307 e. The summed E-state index contributed by atoms with van der Waals surface area (Å²) < 4.78 is 6.60. The number of ether oxygens (including phenoxy) is 1. The highest BCUT2D eigenvalue weighted by Gasteiger charge is 2.19. The van der Waals surface area contributed by atoms with Gasteiger partial charge in [0.25, 0.3) is 0 Å². The van der Waals surface area contributed by atoms with Crippen molar-refractivity contribution < 1.29 is 19.1 Å². The van der Waals surface area contributed by atoms with Crippen LogP contribution in [0, 0.1) is 13.8 Å². The van der Waals surface area contributed by atoms with Crippen molar-refractivity contribution in [3.63, 3.8) is 0 Å². The molecule has 7 nitrogen and oxygen atoms in total. The molecule has 1 aromatic carbocycles. The second-order valence-electron chi connectivity index (χ2n) is 6.89. The van der Waals surface area contributed by atoms with Gasteiger partial charge in [-0.25, -0.2) is 0 Å². The van der Waals surface area contributed by atoms with Crippen LogP contribution in [0.4, 0.5) is 5.69 Å². The molecule has 0 bridgehead atoms. The molecule has 1 aromatic heterocycles. The molecule has 29 heavy (non-hydrogen) atoms. The third-order valence-electron chi connectivity index (χ3n) is 4.62. The van der Waals surface area contributed by atoms with E-state index in [1.165, 1.54) is 7.11 Å². The highest BCUT2D eigenvalue weighted by atomic mass is 35.5. The average Bonchev–Trinajstić information content (AvgIpc) is 2.95. The van der Waals surface area contributed by atoms with Crippen LogP contribution in [0.2, 0.25) is 5.02 Å². The van der Waals surface area contributed by atoms with E-state index in [0.29, 0.717) is 22.8 Å². The minimum Gasteiger partial charge on any atom is -0.469 e. The maximum absolute atomic E-state index is 12.7. The number of Topliss-reactive ketones (excluding diaryl/α,β-unsaturated/α-hetero) is 1. The predicted octanol–water partition coefficient (Wildman–Crippen LogP) is 3.07. The second-order valence-corrected chi connectivity index (χ2v) is 7.29. The van der Waals surface area contributed by atoms with E-state index in [-0.39, 0.29) is 37.2 Å². The first-order valence-corrected chi connectivity index (χ1v) is 9.60. The largest absolute Gasteiger partial charge is 0.469 e. The maximum Gasteiger partial charge on any atom is 0.307 e. The van der Waals surface area contributed by atoms with Crippen LogP contribution in [0.5, 0.6) is 0 Å². The monoisotopic (exact) mass is 419 g/mol. The Morgan fingerprint density at radius 2 is 1.86 bits per heavy atom. The van der Waals surface area contributed by atoms with Crippen molar-refractivity contribution in [2.45, 2.75) is 26.8 Å². The SMILES string of the molecule is COC(=O)CCn1c(C)cc(C(=O)CN(C)CC(=O)Nc2ccccc2Cl)c1C. The highest BCUT2D eigenvalue weighted by Crippen LogP contribution is 2.20. The van der Waals surface area contributed by atoms with Crippen LogP contribution in [0.3, 0.4) is 0 Å². The van der Waals surface area contributed by atoms with E-state index in [1.54, 1.807) is 36.2 Å². The summed E-state index contributed by atoms with van der Waals surface area (Å²) in [6, 6.07) is 8.79. The molecule has 0 unspecified atom stereocenters. The fraction of sp³-hybridized carbons (Fsp3) is 0.381. The molecule has 2 aromatic rings. The number of para-hydroxylation sites is 1. The van der Waals surface area contributed by atoms with Crippen molar-refractivity contribution in [2.75, 3.05) is 32.6 Å². The third kappa shape index (κ3) is 6.17. The van der Waals surface area contributed by atoms with Gasteiger partial charge < -0.3 is 14.6 Å². The van der Waals surface area contributed by atoms with Crippen molar-refractivity contribution in [1.29, 1.82) is 0 Å². The number of carbonyl (C=O) groups excluding carboxylic acids is 3. The summed E-state index contributed by atoms with van der Waals surface area (Å²) in [4.78, 5) is 38.0. The van der Waals surface area contributed by atoms with E-state index >= 15 is 0 Å². The highest BCUT2D eigenvalue weighted by molar-refractivity contribution is 6.33. The number of likely N-dealkylation sites (N-methyl/N-ethyl adjacent to an activating group) is 1. The van der Waals surface area contributed by atoms with E-state index in [9.17, 15) is 14.4 Å². The van der Waals surface area contributed by atoms with Crippen LogP contribution in [0.25, 0.3) is 0 Å². The lowest BCUT2D eigenvalue weighted by Crippen LogP contribution is -2.34. The Morgan fingerprint density at radius 3 is 2.52 bits per heavy atom. The van der Waals surface area contributed by atoms with Gasteiger partial charge in [0.05, 0.1) is 37.3 Å². The zero-order valence-electron chi connectivity index (χ0n) is 17.1. The Kier molecular flexibility index (Phi) is 7.99. The number of anilines is 1. The number of amides is 1. The number of rotatable bonds is 9. The van der Waals surface area contributed by atoms with Gasteiger partial charge in [0.15, 0.2) is 5.78 Å². The molecule has 8 heteroatoms. The summed E-state index contributed by atoms with van der Waals surface area (Å²) in [7, 11) is 3.06. The number of aromatic nitrogens is 1. The zero-order valence-corrected chi connectivity index (χ0v) is 17.9. The minimum absolute atomic E-state index is 0.0536. The number of nitrogens with zero attached hydrogens (tertiary/aromatic N) is 2. The molecule has 0 atom stereocenters. The normalized spacial score (nSPS) is 10.8. The van der Waals surface area contributed by atoms with Gasteiger partial charge in [-0.2, -0.15) is 0 Å². The molecule has 0 fully saturated rings. The fourth-order valence-electron chi connectivity index (χ4n) is 3.12. The number of methoxy groups -OCH3 is 1. The van der Waals surface area contributed by atoms with Crippen LogP contribution in [0.1, 0.15) is 28.2 Å². The van der Waals surface area contributed by atoms with E-state index in [1.807, 2.05) is 24.5 Å². The van der Waals surface area contributed by atoms with Gasteiger partial charge in [0, 0.05) is 23.5 Å². The van der Waals surface area contributed by atoms with Crippen LogP contribution >= 0.6 is 11.6 Å². The Labute approximate surface area is 175 Å². The Hall–Kier alpha value is -2.64. The van der Waals surface area contributed by atoms with Gasteiger partial charge in [0.2, 0.25) is 5.91 Å². The number of esters is 1. The summed E-state index contributed by atoms with van der Waals surface area (Å²) >= 11 is 6.04. The van der Waals surface area contributed by atoms with Crippen LogP contribution in [-0.4, -0.2) is 54.4 Å². The van der Waals surface area contributed by atoms with Crippen molar-refractivity contribution >= 4 is 34.9 Å². The van der Waals surface area contributed by atoms with Crippen molar-refractivity contribution in [3.05, 3.63) is 52.3 Å². The molecule has 2 rings (SSSR count). The predicted molar refractivity (Wildman–Crippen MR) is 112 cm³/mol. The Bertz CT molecular complexity index is 907. The third-order valence-corrected chi connectivity index (χ3v) is 4.95. The summed E-state index contributed by atoms with van der Waals surface area (Å²) in [6.45, 7) is 4.34. The summed E-state index contributed by atoms with van der Waals surface area (Å²) in [5.41, 5.74) is 2.82. The van der Waals surface area contributed by atoms with Crippen LogP contribution < -0.4 is 5.32 Å². The number of halogens is 1. The number of benzene rings is 1. The summed E-state index contributed by atoms with van der Waals surface area (Å²) in [5, 5.41) is 3.20. The molecule has 0 saturated heterocycles. The Balaban J connectivity index is 1.96. The van der Waals surface area contributed by atoms with Crippen LogP contribution in [0.15, 0.2) is 30.3 Å². The van der Waals surface area contributed by atoms with Crippen molar-refractivity contribution in [2.24, 2.45) is 0 Å². The first kappa shape index (κ1) is 22.6. The van der Waals surface area contributed by atoms with Gasteiger partial charge in [0.1, 0.15) is 0 Å². The molecular formula is C21H26ClN3O4. The lowest BCUT2D eigenvalue weighted by atomic mass is 10.1. The van der Waals surface area contributed by atoms with E-state index in [2.05, 4.69) is 10.1 Å². The van der Waals surface area contributed by atoms with Gasteiger partial charge in [-0.15, -0.1) is 0 Å². The van der Waals surface area contributed by atoms with Crippen LogP contribution in [-0.2, 0) is 20.9 Å². The van der Waals surface area contributed by atoms with E-state index < -0.39 is 0 Å². The molecule has 0 aliphatic rings. The average molecular weight is 420 g/mol. The molecule has 0 spiro atoms. The summed E-state index contributed by atoms with van der Waals surface area (Å²) in [6.07, 6.45) is 0.239. The van der Waals surface area contributed by atoms with E-state index in [4.69, 9.17) is 11.6 Å². The number of aryl methyl sites for hydroxylation is 1. The standard InChI is InChI=1S/C21H26ClN3O4/c1-14-11-16(15(2)25(14)10-9-21(28)29-4)19(26)12-24(3)13-20(27)23-18-8-6-5-7-17(18)22/h5-8,11H,9-10,12-13H2,1-4H3,(H,23,27). The first-order valence-electron chi connectivity index (χ1n) is 9.22. The van der Waals surface area contributed by atoms with Gasteiger partial charge in [-0.3, -0.25) is 19.3 Å². The molecule has 1 heterocycles. The molecule has 0 saturated carbocycles. The quantitative estimate of drug-likeness (QED) is 0.499. The number of hydrogen-bond donors (Lipinski definition) is 1.